The molecule has 33 heavy (non-hydrogen) atoms. The summed E-state index contributed by atoms with van der Waals surface area (Å²) < 4.78 is 14.3. The summed E-state index contributed by atoms with van der Waals surface area (Å²) in [7, 11) is 2.29. The topological polar surface area (TPSA) is 118 Å². The number of halogens is 1. The van der Waals surface area contributed by atoms with Gasteiger partial charge in [0, 0.05) is 12.3 Å². The predicted molar refractivity (Wildman–Crippen MR) is 124 cm³/mol. The lowest BCUT2D eigenvalue weighted by atomic mass is 10.1. The van der Waals surface area contributed by atoms with Crippen LogP contribution in [0.2, 0.25) is 0 Å². The van der Waals surface area contributed by atoms with E-state index in [0.717, 1.165) is 16.5 Å². The van der Waals surface area contributed by atoms with Gasteiger partial charge in [-0.25, -0.2) is 9.51 Å². The van der Waals surface area contributed by atoms with Crippen molar-refractivity contribution >= 4 is 22.6 Å². The third-order valence-electron chi connectivity index (χ3n) is 5.96. The van der Waals surface area contributed by atoms with E-state index in [2.05, 4.69) is 12.1 Å². The lowest BCUT2D eigenvalue weighted by molar-refractivity contribution is -0.914. The van der Waals surface area contributed by atoms with Gasteiger partial charge in [-0.3, -0.25) is 5.41 Å². The number of hydrogen-bond acceptors (Lipinski definition) is 7. The Bertz CT molecular complexity index is 1090. The highest BCUT2D eigenvalue weighted by molar-refractivity contribution is 6.22. The number of likely N-dealkylation sites (tertiary alicyclic amines) is 1. The zero-order valence-electron chi connectivity index (χ0n) is 18.8. The first-order chi connectivity index (χ1) is 15.5. The normalized spacial score (nSPS) is 19.1. The molecule has 0 spiro atoms. The van der Waals surface area contributed by atoms with Crippen molar-refractivity contribution in [1.82, 2.24) is 9.61 Å². The molecule has 2 aliphatic rings. The quantitative estimate of drug-likeness (QED) is 0.341. The fraction of sp³-hybridized carbons (Fsp3) is 0.435. The Morgan fingerprint density at radius 3 is 2.73 bits per heavy atom. The number of allylic oxidation sites excluding steroid dienone is 2. The Balaban J connectivity index is 0.00000306. The second-order valence-electron chi connectivity index (χ2n) is 8.47. The summed E-state index contributed by atoms with van der Waals surface area (Å²) in [6.45, 7) is 3.78. The molecule has 10 heteroatoms. The smallest absolute Gasteiger partial charge is 0.260 e. The van der Waals surface area contributed by atoms with Crippen molar-refractivity contribution in [2.45, 2.75) is 19.3 Å². The van der Waals surface area contributed by atoms with Crippen LogP contribution in [0, 0.1) is 5.41 Å². The zero-order valence-corrected chi connectivity index (χ0v) is 19.6. The zero-order chi connectivity index (χ0) is 22.6. The van der Waals surface area contributed by atoms with Crippen LogP contribution < -0.4 is 22.9 Å². The number of rotatable bonds is 8. The molecular formula is C23H31ClN6O3. The Labute approximate surface area is 199 Å². The largest absolute Gasteiger partial charge is 1.00 e. The highest BCUT2D eigenvalue weighted by Gasteiger charge is 2.25. The molecule has 3 heterocycles. The highest BCUT2D eigenvalue weighted by atomic mass is 35.5. The number of nitrogens with one attached hydrogen (secondary N) is 1. The molecular weight excluding hydrogens is 444 g/mol. The van der Waals surface area contributed by atoms with Crippen LogP contribution in [0.1, 0.15) is 19.3 Å². The van der Waals surface area contributed by atoms with Crippen LogP contribution in [-0.2, 0) is 4.74 Å². The van der Waals surface area contributed by atoms with Crippen molar-refractivity contribution in [1.29, 1.82) is 5.41 Å². The summed E-state index contributed by atoms with van der Waals surface area (Å²) in [5.41, 5.74) is 8.51. The first kappa shape index (κ1) is 24.8. The van der Waals surface area contributed by atoms with Gasteiger partial charge in [-0.05, 0) is 37.5 Å². The first-order valence-corrected chi connectivity index (χ1v) is 11.0. The minimum atomic E-state index is -0.139. The molecule has 1 fully saturated rings. The van der Waals surface area contributed by atoms with Gasteiger partial charge >= 0.3 is 0 Å². The third kappa shape index (κ3) is 5.73. The van der Waals surface area contributed by atoms with Crippen molar-refractivity contribution < 1.29 is 31.5 Å². The number of pyridine rings is 1. The van der Waals surface area contributed by atoms with E-state index in [1.54, 1.807) is 10.6 Å². The molecule has 0 atom stereocenters. The van der Waals surface area contributed by atoms with Crippen LogP contribution in [0.15, 0.2) is 53.0 Å². The lowest BCUT2D eigenvalue weighted by Gasteiger charge is -2.37. The SMILES string of the molecule is C[N+]1(CCOc2nn3ccccc3c2N=C2C=C(OCCO)C(=N)C=C2N)CCCCC1.[Cl-]. The molecule has 1 saturated heterocycles. The number of aliphatic hydroxyl groups excluding tert-OH is 1. The van der Waals surface area contributed by atoms with Crippen molar-refractivity contribution in [2.75, 3.05) is 46.5 Å². The first-order valence-electron chi connectivity index (χ1n) is 11.0. The highest BCUT2D eigenvalue weighted by Crippen LogP contribution is 2.33. The molecule has 0 amide bonds. The van der Waals surface area contributed by atoms with Gasteiger partial charge in [0.1, 0.15) is 25.5 Å². The predicted octanol–water partition coefficient (Wildman–Crippen LogP) is -0.811. The molecule has 2 aromatic heterocycles. The summed E-state index contributed by atoms with van der Waals surface area (Å²) in [4.78, 5) is 4.76. The minimum Gasteiger partial charge on any atom is -1.00 e. The third-order valence-corrected chi connectivity index (χ3v) is 5.96. The molecule has 4 rings (SSSR count). The molecule has 0 unspecified atom stereocenters. The maximum absolute atomic E-state index is 9.04. The van der Waals surface area contributed by atoms with Crippen LogP contribution in [0.25, 0.3) is 5.52 Å². The second-order valence-corrected chi connectivity index (χ2v) is 8.47. The fourth-order valence-corrected chi connectivity index (χ4v) is 4.11. The number of nitrogens with zero attached hydrogens (tertiary/aromatic N) is 4. The van der Waals surface area contributed by atoms with Crippen LogP contribution in [0.3, 0.4) is 0 Å². The number of quaternary nitrogens is 1. The van der Waals surface area contributed by atoms with E-state index in [1.807, 2.05) is 24.4 Å². The number of aromatic nitrogens is 2. The monoisotopic (exact) mass is 474 g/mol. The molecule has 0 bridgehead atoms. The molecule has 178 valence electrons. The molecule has 0 radical (unpaired) electrons. The van der Waals surface area contributed by atoms with Crippen molar-refractivity contribution in [3.05, 3.63) is 48.0 Å². The maximum atomic E-state index is 9.04. The number of aliphatic hydroxyl groups is 1. The van der Waals surface area contributed by atoms with Crippen molar-refractivity contribution in [3.8, 4) is 5.88 Å². The number of hydrogen-bond donors (Lipinski definition) is 3. The number of nitrogens with two attached hydrogens (primary N) is 1. The van der Waals surface area contributed by atoms with Crippen molar-refractivity contribution in [2.24, 2.45) is 10.7 Å². The van der Waals surface area contributed by atoms with E-state index in [0.29, 0.717) is 35.3 Å². The van der Waals surface area contributed by atoms with Gasteiger partial charge in [-0.2, -0.15) is 0 Å². The molecule has 2 aromatic rings. The Morgan fingerprint density at radius 2 is 1.97 bits per heavy atom. The summed E-state index contributed by atoms with van der Waals surface area (Å²) in [6, 6.07) is 5.75. The van der Waals surface area contributed by atoms with E-state index in [4.69, 9.17) is 30.7 Å². The summed E-state index contributed by atoms with van der Waals surface area (Å²) in [6.07, 6.45) is 8.80. The summed E-state index contributed by atoms with van der Waals surface area (Å²) in [5.74, 6) is 0.764. The number of ether oxygens (including phenoxy) is 2. The Hall–Kier alpha value is -2.88. The van der Waals surface area contributed by atoms with Gasteiger partial charge in [0.15, 0.2) is 5.69 Å². The van der Waals surface area contributed by atoms with Crippen LogP contribution in [-0.4, -0.2) is 77.1 Å². The van der Waals surface area contributed by atoms with E-state index in [1.165, 1.54) is 38.4 Å². The van der Waals surface area contributed by atoms with Gasteiger partial charge in [0.05, 0.1) is 49.4 Å². The maximum Gasteiger partial charge on any atom is 0.260 e. The van der Waals surface area contributed by atoms with Gasteiger partial charge in [-0.1, -0.05) is 6.07 Å². The van der Waals surface area contributed by atoms with Gasteiger partial charge in [0.2, 0.25) is 0 Å². The van der Waals surface area contributed by atoms with Crippen LogP contribution >= 0.6 is 0 Å². The molecule has 0 saturated carbocycles. The molecule has 4 N–H and O–H groups in total. The number of likely N-dealkylation sites (N-methyl/N-ethyl adjacent to an activating group) is 1. The van der Waals surface area contributed by atoms with Gasteiger partial charge < -0.3 is 37.2 Å². The summed E-state index contributed by atoms with van der Waals surface area (Å²) in [5, 5.41) is 21.7. The van der Waals surface area contributed by atoms with Crippen molar-refractivity contribution in [3.63, 3.8) is 0 Å². The summed E-state index contributed by atoms with van der Waals surface area (Å²) >= 11 is 0. The number of fused-ring (bicyclic) bond motifs is 1. The minimum absolute atomic E-state index is 0. The Morgan fingerprint density at radius 1 is 1.18 bits per heavy atom. The molecule has 1 aliphatic carbocycles. The van der Waals surface area contributed by atoms with Gasteiger partial charge in [-0.15, -0.1) is 5.10 Å². The molecule has 9 nitrogen and oxygen atoms in total. The van der Waals surface area contributed by atoms with Crippen LogP contribution in [0.4, 0.5) is 5.69 Å². The number of aliphatic imine (C=N–C) groups is 1. The van der Waals surface area contributed by atoms with E-state index < -0.39 is 0 Å². The molecule has 0 aromatic carbocycles. The fourth-order valence-electron chi connectivity index (χ4n) is 4.11. The standard InChI is InChI=1S/C23H31N6O3.ClH/c1-29(9-5-2-6-10-29)11-13-32-23-22(20-7-3-4-8-28(20)27-23)26-19-16-21(31-14-12-30)18(25)15-17(19)24;/h3-4,7-8,15-16,25,30H,2,5-6,9-14,24H2,1H3;1H/q+1;/p-1. The van der Waals surface area contributed by atoms with E-state index >= 15 is 0 Å². The average molecular weight is 475 g/mol. The van der Waals surface area contributed by atoms with Crippen LogP contribution in [0.5, 0.6) is 5.88 Å². The average Bonchev–Trinajstić information content (AvgIpc) is 3.12. The lowest BCUT2D eigenvalue weighted by Crippen LogP contribution is -3.00. The number of piperidine rings is 1. The van der Waals surface area contributed by atoms with E-state index in [9.17, 15) is 0 Å². The van der Waals surface area contributed by atoms with Gasteiger partial charge in [0.25, 0.3) is 5.88 Å². The molecule has 1 aliphatic heterocycles. The van der Waals surface area contributed by atoms with E-state index in [-0.39, 0.29) is 31.3 Å². The Kier molecular flexibility index (Phi) is 8.12. The second kappa shape index (κ2) is 10.8.